The molecule has 0 saturated heterocycles. The summed E-state index contributed by atoms with van der Waals surface area (Å²) in [4.78, 5) is 26.6. The first-order valence-corrected chi connectivity index (χ1v) is 9.56. The van der Waals surface area contributed by atoms with E-state index in [0.29, 0.717) is 16.6 Å². The molecule has 0 aliphatic heterocycles. The predicted octanol–water partition coefficient (Wildman–Crippen LogP) is 4.46. The number of benzene rings is 2. The molecule has 0 unspecified atom stereocenters. The summed E-state index contributed by atoms with van der Waals surface area (Å²) < 4.78 is 0.916. The fourth-order valence-corrected chi connectivity index (χ4v) is 3.32. The number of halogens is 3. The highest BCUT2D eigenvalue weighted by molar-refractivity contribution is 9.10. The van der Waals surface area contributed by atoms with E-state index >= 15 is 0 Å². The van der Waals surface area contributed by atoms with Crippen LogP contribution in [-0.2, 0) is 22.6 Å². The van der Waals surface area contributed by atoms with Gasteiger partial charge in [0.1, 0.15) is 6.04 Å². The second kappa shape index (κ2) is 9.40. The highest BCUT2D eigenvalue weighted by Gasteiger charge is 2.25. The van der Waals surface area contributed by atoms with E-state index in [4.69, 9.17) is 23.2 Å². The molecule has 0 spiro atoms. The van der Waals surface area contributed by atoms with Gasteiger partial charge in [0.25, 0.3) is 0 Å². The van der Waals surface area contributed by atoms with E-state index in [1.165, 1.54) is 0 Å². The largest absolute Gasteiger partial charge is 0.357 e. The Morgan fingerprint density at radius 1 is 1.12 bits per heavy atom. The number of hydrogen-bond acceptors (Lipinski definition) is 2. The lowest BCUT2D eigenvalue weighted by Crippen LogP contribution is -2.47. The average molecular weight is 458 g/mol. The summed E-state index contributed by atoms with van der Waals surface area (Å²) in [7, 11) is 1.56. The average Bonchev–Trinajstić information content (AvgIpc) is 2.61. The summed E-state index contributed by atoms with van der Waals surface area (Å²) in [6.07, 6.45) is 0.131. The Bertz CT molecular complexity index is 814. The number of amides is 2. The molecule has 1 atom stereocenters. The van der Waals surface area contributed by atoms with Crippen molar-refractivity contribution in [3.63, 3.8) is 0 Å². The van der Waals surface area contributed by atoms with Crippen LogP contribution in [0.2, 0.25) is 10.0 Å². The molecule has 26 heavy (non-hydrogen) atoms. The highest BCUT2D eigenvalue weighted by Crippen LogP contribution is 2.23. The standard InChI is InChI=1S/C19H19BrCl2N2O2/c1-12(19(26)23-2)24(11-14-4-3-5-15(20)8-14)18(25)10-13-6-7-16(21)17(22)9-13/h3-9,12H,10-11H2,1-2H3,(H,23,26)/t12-/m0/s1. The maximum Gasteiger partial charge on any atom is 0.242 e. The Kier molecular flexibility index (Phi) is 7.50. The second-order valence-electron chi connectivity index (χ2n) is 5.87. The lowest BCUT2D eigenvalue weighted by Gasteiger charge is -2.28. The van der Waals surface area contributed by atoms with Gasteiger partial charge in [0.15, 0.2) is 0 Å². The third-order valence-electron chi connectivity index (χ3n) is 4.00. The van der Waals surface area contributed by atoms with Gasteiger partial charge in [-0.15, -0.1) is 0 Å². The minimum atomic E-state index is -0.603. The zero-order valence-electron chi connectivity index (χ0n) is 14.4. The molecule has 0 fully saturated rings. The lowest BCUT2D eigenvalue weighted by molar-refractivity contribution is -0.139. The van der Waals surface area contributed by atoms with E-state index in [2.05, 4.69) is 21.2 Å². The van der Waals surface area contributed by atoms with E-state index in [9.17, 15) is 9.59 Å². The number of hydrogen-bond donors (Lipinski definition) is 1. The first-order valence-electron chi connectivity index (χ1n) is 8.01. The molecule has 0 radical (unpaired) electrons. The van der Waals surface area contributed by atoms with Gasteiger partial charge < -0.3 is 10.2 Å². The zero-order chi connectivity index (χ0) is 19.3. The van der Waals surface area contributed by atoms with Crippen LogP contribution in [0.5, 0.6) is 0 Å². The van der Waals surface area contributed by atoms with E-state index in [1.54, 1.807) is 37.1 Å². The molecular weight excluding hydrogens is 439 g/mol. The summed E-state index contributed by atoms with van der Waals surface area (Å²) in [6, 6.07) is 12.1. The van der Waals surface area contributed by atoms with Crippen LogP contribution in [0.15, 0.2) is 46.9 Å². The third-order valence-corrected chi connectivity index (χ3v) is 5.23. The number of carbonyl (C=O) groups is 2. The zero-order valence-corrected chi connectivity index (χ0v) is 17.5. The summed E-state index contributed by atoms with van der Waals surface area (Å²) in [6.45, 7) is 2.04. The van der Waals surface area contributed by atoms with E-state index < -0.39 is 6.04 Å². The number of likely N-dealkylation sites (N-methyl/N-ethyl adjacent to an activating group) is 1. The topological polar surface area (TPSA) is 49.4 Å². The van der Waals surface area contributed by atoms with E-state index in [-0.39, 0.29) is 18.2 Å². The van der Waals surface area contributed by atoms with Crippen molar-refractivity contribution in [3.8, 4) is 0 Å². The molecule has 138 valence electrons. The Balaban J connectivity index is 2.25. The molecule has 0 aromatic heterocycles. The molecule has 2 rings (SSSR count). The quantitative estimate of drug-likeness (QED) is 0.695. The number of nitrogens with zero attached hydrogens (tertiary/aromatic N) is 1. The predicted molar refractivity (Wildman–Crippen MR) is 108 cm³/mol. The minimum absolute atomic E-state index is 0.131. The van der Waals surface area contributed by atoms with Crippen LogP contribution in [0.1, 0.15) is 18.1 Å². The number of nitrogens with one attached hydrogen (secondary N) is 1. The van der Waals surface area contributed by atoms with Crippen LogP contribution < -0.4 is 5.32 Å². The number of rotatable bonds is 6. The number of carbonyl (C=O) groups excluding carboxylic acids is 2. The molecule has 0 heterocycles. The van der Waals surface area contributed by atoms with Gasteiger partial charge in [-0.2, -0.15) is 0 Å². The monoisotopic (exact) mass is 456 g/mol. The maximum absolute atomic E-state index is 12.9. The molecule has 0 bridgehead atoms. The van der Waals surface area contributed by atoms with Crippen LogP contribution in [-0.4, -0.2) is 29.8 Å². The third kappa shape index (κ3) is 5.47. The van der Waals surface area contributed by atoms with Gasteiger partial charge in [-0.25, -0.2) is 0 Å². The SMILES string of the molecule is CNC(=O)[C@H](C)N(Cc1cccc(Br)c1)C(=O)Cc1ccc(Cl)c(Cl)c1. The first-order chi connectivity index (χ1) is 12.3. The Morgan fingerprint density at radius 3 is 2.46 bits per heavy atom. The van der Waals surface area contributed by atoms with Gasteiger partial charge in [0.05, 0.1) is 16.5 Å². The molecule has 0 saturated carbocycles. The van der Waals surface area contributed by atoms with Crippen molar-refractivity contribution in [1.29, 1.82) is 0 Å². The van der Waals surface area contributed by atoms with E-state index in [1.807, 2.05) is 24.3 Å². The molecule has 2 amide bonds. The molecule has 4 nitrogen and oxygen atoms in total. The smallest absolute Gasteiger partial charge is 0.242 e. The van der Waals surface area contributed by atoms with Crippen molar-refractivity contribution >= 4 is 50.9 Å². The molecule has 0 aliphatic carbocycles. The summed E-state index contributed by atoms with van der Waals surface area (Å²) in [5.74, 6) is -0.387. The Morgan fingerprint density at radius 2 is 1.85 bits per heavy atom. The Hall–Kier alpha value is -1.56. The van der Waals surface area contributed by atoms with Gasteiger partial charge in [0.2, 0.25) is 11.8 Å². The van der Waals surface area contributed by atoms with Gasteiger partial charge in [0, 0.05) is 18.1 Å². The van der Waals surface area contributed by atoms with E-state index in [0.717, 1.165) is 15.6 Å². The first kappa shape index (κ1) is 20.7. The van der Waals surface area contributed by atoms with Crippen LogP contribution in [0, 0.1) is 0 Å². The fourth-order valence-electron chi connectivity index (χ4n) is 2.55. The fraction of sp³-hybridized carbons (Fsp3) is 0.263. The van der Waals surface area contributed by atoms with Crippen LogP contribution in [0.3, 0.4) is 0 Å². The summed E-state index contributed by atoms with van der Waals surface area (Å²) in [5.41, 5.74) is 1.67. The van der Waals surface area contributed by atoms with Crippen LogP contribution in [0.4, 0.5) is 0 Å². The highest BCUT2D eigenvalue weighted by atomic mass is 79.9. The van der Waals surface area contributed by atoms with Gasteiger partial charge in [-0.05, 0) is 42.3 Å². The maximum atomic E-state index is 12.9. The van der Waals surface area contributed by atoms with Crippen LogP contribution in [0.25, 0.3) is 0 Å². The summed E-state index contributed by atoms with van der Waals surface area (Å²) in [5, 5.41) is 3.43. The van der Waals surface area contributed by atoms with Gasteiger partial charge >= 0.3 is 0 Å². The second-order valence-corrected chi connectivity index (χ2v) is 7.60. The molecular formula is C19H19BrCl2N2O2. The molecule has 1 N–H and O–H groups in total. The Labute approximate surface area is 171 Å². The van der Waals surface area contributed by atoms with Crippen molar-refractivity contribution in [2.75, 3.05) is 7.05 Å². The lowest BCUT2D eigenvalue weighted by atomic mass is 10.1. The van der Waals surface area contributed by atoms with Gasteiger partial charge in [-0.3, -0.25) is 9.59 Å². The molecule has 2 aromatic carbocycles. The van der Waals surface area contributed by atoms with Crippen molar-refractivity contribution in [1.82, 2.24) is 10.2 Å². The van der Waals surface area contributed by atoms with Crippen molar-refractivity contribution in [3.05, 3.63) is 68.1 Å². The van der Waals surface area contributed by atoms with Gasteiger partial charge in [-0.1, -0.05) is 57.3 Å². The van der Waals surface area contributed by atoms with Crippen molar-refractivity contribution in [2.24, 2.45) is 0 Å². The molecule has 7 heteroatoms. The van der Waals surface area contributed by atoms with Crippen LogP contribution >= 0.6 is 39.1 Å². The molecule has 2 aromatic rings. The van der Waals surface area contributed by atoms with Crippen molar-refractivity contribution in [2.45, 2.75) is 25.9 Å². The molecule has 0 aliphatic rings. The summed E-state index contributed by atoms with van der Waals surface area (Å²) >= 11 is 15.4. The van der Waals surface area contributed by atoms with Crippen molar-refractivity contribution < 1.29 is 9.59 Å². The minimum Gasteiger partial charge on any atom is -0.357 e. The normalized spacial score (nSPS) is 11.7.